The molecule has 0 aliphatic heterocycles. The van der Waals surface area contributed by atoms with E-state index in [4.69, 9.17) is 27.9 Å². The molecule has 0 spiro atoms. The van der Waals surface area contributed by atoms with Crippen LogP contribution in [0.25, 0.3) is 0 Å². The maximum Gasteiger partial charge on any atom is 0.188 e. The van der Waals surface area contributed by atoms with E-state index in [0.29, 0.717) is 28.6 Å². The van der Waals surface area contributed by atoms with E-state index in [1.54, 1.807) is 24.4 Å². The lowest BCUT2D eigenvalue weighted by Gasteiger charge is -2.05. The molecule has 0 saturated carbocycles. The van der Waals surface area contributed by atoms with Crippen molar-refractivity contribution in [3.63, 3.8) is 0 Å². The molecule has 3 nitrogen and oxygen atoms in total. The van der Waals surface area contributed by atoms with Gasteiger partial charge in [-0.05, 0) is 30.3 Å². The number of hydrogen-bond donors (Lipinski definition) is 0. The average molecular weight is 310 g/mol. The predicted molar refractivity (Wildman–Crippen MR) is 79.6 cm³/mol. The van der Waals surface area contributed by atoms with E-state index in [2.05, 4.69) is 4.98 Å². The second-order valence-corrected chi connectivity index (χ2v) is 4.99. The highest BCUT2D eigenvalue weighted by molar-refractivity contribution is 6.42. The summed E-state index contributed by atoms with van der Waals surface area (Å²) in [5.74, 6) is -0.121. The second kappa shape index (κ2) is 7.39. The molecule has 0 unspecified atom stereocenters. The molecule has 0 saturated heterocycles. The summed E-state index contributed by atoms with van der Waals surface area (Å²) in [6.45, 7) is 0.467. The van der Waals surface area contributed by atoms with Crippen LogP contribution in [0.1, 0.15) is 16.1 Å². The van der Waals surface area contributed by atoms with Crippen LogP contribution >= 0.6 is 23.2 Å². The third-order valence-corrected chi connectivity index (χ3v) is 3.44. The van der Waals surface area contributed by atoms with Crippen LogP contribution in [0.5, 0.6) is 0 Å². The number of nitrogens with zero attached hydrogens (tertiary/aromatic N) is 1. The standard InChI is InChI=1S/C15H13Cl2NO2/c16-13-5-4-11(9-14(13)17)15(19)10-20-8-6-12-3-1-2-7-18-12/h1-5,7,9H,6,8,10H2. The third kappa shape index (κ3) is 4.30. The number of ether oxygens (including phenoxy) is 1. The number of carbonyl (C=O) groups excluding carboxylic acids is 1. The van der Waals surface area contributed by atoms with Crippen LogP contribution in [0.2, 0.25) is 10.0 Å². The molecule has 0 aliphatic carbocycles. The Labute approximate surface area is 127 Å². The van der Waals surface area contributed by atoms with Crippen LogP contribution in [0.15, 0.2) is 42.6 Å². The zero-order valence-electron chi connectivity index (χ0n) is 10.7. The molecule has 0 aliphatic rings. The van der Waals surface area contributed by atoms with E-state index >= 15 is 0 Å². The first kappa shape index (κ1) is 15.0. The van der Waals surface area contributed by atoms with Gasteiger partial charge in [0.15, 0.2) is 5.78 Å². The fourth-order valence-corrected chi connectivity index (χ4v) is 1.94. The summed E-state index contributed by atoms with van der Waals surface area (Å²) in [4.78, 5) is 16.1. The van der Waals surface area contributed by atoms with Crippen LogP contribution in [-0.4, -0.2) is 24.0 Å². The van der Waals surface area contributed by atoms with E-state index in [-0.39, 0.29) is 12.4 Å². The fourth-order valence-electron chi connectivity index (χ4n) is 1.64. The van der Waals surface area contributed by atoms with Crippen molar-refractivity contribution in [1.82, 2.24) is 4.98 Å². The van der Waals surface area contributed by atoms with Gasteiger partial charge >= 0.3 is 0 Å². The van der Waals surface area contributed by atoms with Crippen molar-refractivity contribution in [2.45, 2.75) is 6.42 Å². The van der Waals surface area contributed by atoms with Crippen molar-refractivity contribution in [2.24, 2.45) is 0 Å². The Morgan fingerprint density at radius 3 is 2.70 bits per heavy atom. The Bertz CT molecular complexity index is 588. The highest BCUT2D eigenvalue weighted by atomic mass is 35.5. The Hall–Kier alpha value is -1.42. The number of rotatable bonds is 6. The molecule has 2 rings (SSSR count). The lowest BCUT2D eigenvalue weighted by molar-refractivity contribution is 0.0764. The van der Waals surface area contributed by atoms with Gasteiger partial charge in [0.1, 0.15) is 6.61 Å². The van der Waals surface area contributed by atoms with Gasteiger partial charge in [-0.3, -0.25) is 9.78 Å². The third-order valence-electron chi connectivity index (χ3n) is 2.70. The van der Waals surface area contributed by atoms with Gasteiger partial charge in [0.05, 0.1) is 16.7 Å². The minimum atomic E-state index is -0.121. The van der Waals surface area contributed by atoms with Gasteiger partial charge in [-0.25, -0.2) is 0 Å². The first-order chi connectivity index (χ1) is 9.66. The van der Waals surface area contributed by atoms with Gasteiger partial charge in [-0.1, -0.05) is 29.3 Å². The molecule has 5 heteroatoms. The van der Waals surface area contributed by atoms with E-state index in [1.807, 2.05) is 18.2 Å². The monoisotopic (exact) mass is 309 g/mol. The van der Waals surface area contributed by atoms with Gasteiger partial charge in [-0.2, -0.15) is 0 Å². The molecular weight excluding hydrogens is 297 g/mol. The van der Waals surface area contributed by atoms with E-state index in [0.717, 1.165) is 5.69 Å². The minimum absolute atomic E-state index is 0.0186. The SMILES string of the molecule is O=C(COCCc1ccccn1)c1ccc(Cl)c(Cl)c1. The second-order valence-electron chi connectivity index (χ2n) is 4.18. The molecule has 2 aromatic rings. The maximum absolute atomic E-state index is 11.9. The van der Waals surface area contributed by atoms with Gasteiger partial charge in [-0.15, -0.1) is 0 Å². The van der Waals surface area contributed by atoms with Crippen LogP contribution in [0.4, 0.5) is 0 Å². The summed E-state index contributed by atoms with van der Waals surface area (Å²) in [6, 6.07) is 10.5. The van der Waals surface area contributed by atoms with Gasteiger partial charge in [0.25, 0.3) is 0 Å². The molecule has 0 amide bonds. The molecule has 1 aromatic heterocycles. The summed E-state index contributed by atoms with van der Waals surface area (Å²) in [5, 5.41) is 0.797. The van der Waals surface area contributed by atoms with Crippen molar-refractivity contribution in [1.29, 1.82) is 0 Å². The highest BCUT2D eigenvalue weighted by Gasteiger charge is 2.08. The fraction of sp³-hybridized carbons (Fsp3) is 0.200. The zero-order valence-corrected chi connectivity index (χ0v) is 12.2. The molecule has 20 heavy (non-hydrogen) atoms. The first-order valence-electron chi connectivity index (χ1n) is 6.13. The van der Waals surface area contributed by atoms with Crippen molar-refractivity contribution in [3.8, 4) is 0 Å². The molecule has 0 radical (unpaired) electrons. The van der Waals surface area contributed by atoms with Crippen molar-refractivity contribution in [3.05, 3.63) is 63.9 Å². The quantitative estimate of drug-likeness (QED) is 0.601. The Morgan fingerprint density at radius 2 is 2.00 bits per heavy atom. The lowest BCUT2D eigenvalue weighted by atomic mass is 10.1. The van der Waals surface area contributed by atoms with Crippen LogP contribution in [0.3, 0.4) is 0 Å². The van der Waals surface area contributed by atoms with E-state index < -0.39 is 0 Å². The van der Waals surface area contributed by atoms with E-state index in [9.17, 15) is 4.79 Å². The number of carbonyl (C=O) groups is 1. The summed E-state index contributed by atoms with van der Waals surface area (Å²) in [5.41, 5.74) is 1.44. The molecule has 104 valence electrons. The average Bonchev–Trinajstić information content (AvgIpc) is 2.47. The predicted octanol–water partition coefficient (Wildman–Crippen LogP) is 3.83. The Kier molecular flexibility index (Phi) is 5.53. The molecular formula is C15H13Cl2NO2. The van der Waals surface area contributed by atoms with E-state index in [1.165, 1.54) is 0 Å². The normalized spacial score (nSPS) is 10.5. The Balaban J connectivity index is 1.79. The molecule has 0 fully saturated rings. The summed E-state index contributed by atoms with van der Waals surface area (Å²) in [6.07, 6.45) is 2.41. The molecule has 1 heterocycles. The Morgan fingerprint density at radius 1 is 1.15 bits per heavy atom. The topological polar surface area (TPSA) is 39.2 Å². The number of hydrogen-bond acceptors (Lipinski definition) is 3. The molecule has 1 aromatic carbocycles. The maximum atomic E-state index is 11.9. The summed E-state index contributed by atoms with van der Waals surface area (Å²) < 4.78 is 5.36. The molecule has 0 bridgehead atoms. The van der Waals surface area contributed by atoms with Crippen LogP contribution < -0.4 is 0 Å². The zero-order chi connectivity index (χ0) is 14.4. The summed E-state index contributed by atoms with van der Waals surface area (Å²) >= 11 is 11.7. The number of Topliss-reactive ketones (excluding diaryl/α,β-unsaturated/α-hetero) is 1. The highest BCUT2D eigenvalue weighted by Crippen LogP contribution is 2.22. The van der Waals surface area contributed by atoms with Crippen LogP contribution in [0, 0.1) is 0 Å². The first-order valence-corrected chi connectivity index (χ1v) is 6.88. The minimum Gasteiger partial charge on any atom is -0.373 e. The van der Waals surface area contributed by atoms with Gasteiger partial charge < -0.3 is 4.74 Å². The van der Waals surface area contributed by atoms with Crippen molar-refractivity contribution < 1.29 is 9.53 Å². The number of aromatic nitrogens is 1. The van der Waals surface area contributed by atoms with Gasteiger partial charge in [0, 0.05) is 23.9 Å². The molecule has 0 N–H and O–H groups in total. The number of benzene rings is 1. The molecule has 0 atom stereocenters. The van der Waals surface area contributed by atoms with Gasteiger partial charge in [0.2, 0.25) is 0 Å². The smallest absolute Gasteiger partial charge is 0.188 e. The number of ketones is 1. The summed E-state index contributed by atoms with van der Waals surface area (Å²) in [7, 11) is 0. The van der Waals surface area contributed by atoms with Crippen molar-refractivity contribution >= 4 is 29.0 Å². The van der Waals surface area contributed by atoms with Crippen LogP contribution in [-0.2, 0) is 11.2 Å². The number of halogens is 2. The van der Waals surface area contributed by atoms with Crippen molar-refractivity contribution in [2.75, 3.05) is 13.2 Å². The number of pyridine rings is 1. The largest absolute Gasteiger partial charge is 0.373 e. The lowest BCUT2D eigenvalue weighted by Crippen LogP contribution is -2.11.